The average molecular weight is 363 g/mol. The summed E-state index contributed by atoms with van der Waals surface area (Å²) in [5.74, 6) is -1.65. The Morgan fingerprint density at radius 1 is 0.963 bits per heavy atom. The number of amides is 2. The summed E-state index contributed by atoms with van der Waals surface area (Å²) in [5, 5.41) is 9.66. The van der Waals surface area contributed by atoms with Gasteiger partial charge in [0.2, 0.25) is 0 Å². The number of carboxylic acid groups (broad SMARTS) is 1. The summed E-state index contributed by atoms with van der Waals surface area (Å²) in [4.78, 5) is 38.0. The standard InChI is InChI=1S/C22H21NO4/c24-20-17-7-3-4-8-18(17)21(25)23(20)13-14-9-11-16(12-10-14)19(22(26)27)15-5-1-2-6-15/h3-4,7-12,15,19H,1-2,5-6,13H2,(H,26,27). The van der Waals surface area contributed by atoms with Crippen LogP contribution in [0.3, 0.4) is 0 Å². The first-order valence-electron chi connectivity index (χ1n) is 9.33. The number of hydrogen-bond donors (Lipinski definition) is 1. The zero-order valence-corrected chi connectivity index (χ0v) is 14.9. The zero-order chi connectivity index (χ0) is 19.0. The maximum absolute atomic E-state index is 12.5. The Bertz CT molecular complexity index is 862. The molecule has 1 saturated carbocycles. The zero-order valence-electron chi connectivity index (χ0n) is 14.9. The number of aliphatic carboxylic acids is 1. The van der Waals surface area contributed by atoms with Crippen molar-refractivity contribution in [1.82, 2.24) is 4.90 Å². The molecule has 2 aromatic rings. The molecule has 1 unspecified atom stereocenters. The van der Waals surface area contributed by atoms with Crippen LogP contribution in [0.2, 0.25) is 0 Å². The van der Waals surface area contributed by atoms with Gasteiger partial charge in [-0.1, -0.05) is 49.2 Å². The molecule has 2 aromatic carbocycles. The van der Waals surface area contributed by atoms with Crippen molar-refractivity contribution in [1.29, 1.82) is 0 Å². The van der Waals surface area contributed by atoms with Crippen molar-refractivity contribution < 1.29 is 19.5 Å². The predicted octanol–water partition coefficient (Wildman–Crippen LogP) is 3.84. The van der Waals surface area contributed by atoms with Crippen LogP contribution in [-0.4, -0.2) is 27.8 Å². The summed E-state index contributed by atoms with van der Waals surface area (Å²) in [6.45, 7) is 0.188. The van der Waals surface area contributed by atoms with Gasteiger partial charge in [0.15, 0.2) is 0 Å². The van der Waals surface area contributed by atoms with Crippen LogP contribution in [0.15, 0.2) is 48.5 Å². The molecule has 5 heteroatoms. The Morgan fingerprint density at radius 2 is 1.52 bits per heavy atom. The van der Waals surface area contributed by atoms with Gasteiger partial charge >= 0.3 is 5.97 Å². The van der Waals surface area contributed by atoms with Crippen molar-refractivity contribution in [2.24, 2.45) is 5.92 Å². The molecular formula is C22H21NO4. The van der Waals surface area contributed by atoms with Crippen molar-refractivity contribution in [3.05, 3.63) is 70.8 Å². The second-order valence-corrected chi connectivity index (χ2v) is 7.34. The maximum Gasteiger partial charge on any atom is 0.311 e. The number of imide groups is 1. The molecule has 1 N–H and O–H groups in total. The van der Waals surface area contributed by atoms with Crippen molar-refractivity contribution in [3.63, 3.8) is 0 Å². The highest BCUT2D eigenvalue weighted by molar-refractivity contribution is 6.21. The van der Waals surface area contributed by atoms with E-state index in [0.29, 0.717) is 11.1 Å². The van der Waals surface area contributed by atoms with E-state index in [1.54, 1.807) is 24.3 Å². The lowest BCUT2D eigenvalue weighted by molar-refractivity contribution is -0.140. The third-order valence-corrected chi connectivity index (χ3v) is 5.69. The van der Waals surface area contributed by atoms with E-state index in [-0.39, 0.29) is 24.3 Å². The monoisotopic (exact) mass is 363 g/mol. The quantitative estimate of drug-likeness (QED) is 0.819. The molecule has 4 rings (SSSR count). The number of hydrogen-bond acceptors (Lipinski definition) is 3. The summed E-state index contributed by atoms with van der Waals surface area (Å²) in [6, 6.07) is 14.1. The number of fused-ring (bicyclic) bond motifs is 1. The molecule has 0 saturated heterocycles. The summed E-state index contributed by atoms with van der Waals surface area (Å²) in [6.07, 6.45) is 4.08. The van der Waals surface area contributed by atoms with E-state index in [2.05, 4.69) is 0 Å². The van der Waals surface area contributed by atoms with E-state index in [4.69, 9.17) is 0 Å². The van der Waals surface area contributed by atoms with Crippen LogP contribution in [-0.2, 0) is 11.3 Å². The van der Waals surface area contributed by atoms with Crippen LogP contribution in [0.25, 0.3) is 0 Å². The minimum atomic E-state index is -0.782. The largest absolute Gasteiger partial charge is 0.481 e. The molecule has 0 bridgehead atoms. The fourth-order valence-electron chi connectivity index (χ4n) is 4.30. The lowest BCUT2D eigenvalue weighted by Crippen LogP contribution is -2.29. The van der Waals surface area contributed by atoms with Crippen molar-refractivity contribution in [2.45, 2.75) is 38.1 Å². The highest BCUT2D eigenvalue weighted by Gasteiger charge is 2.35. The number of rotatable bonds is 5. The molecule has 2 aliphatic rings. The molecule has 1 fully saturated rings. The van der Waals surface area contributed by atoms with E-state index >= 15 is 0 Å². The molecule has 0 radical (unpaired) electrons. The lowest BCUT2D eigenvalue weighted by Gasteiger charge is -2.20. The molecule has 2 amide bonds. The van der Waals surface area contributed by atoms with E-state index in [1.165, 1.54) is 4.90 Å². The number of carboxylic acids is 1. The number of nitrogens with zero attached hydrogens (tertiary/aromatic N) is 1. The second-order valence-electron chi connectivity index (χ2n) is 7.34. The van der Waals surface area contributed by atoms with Gasteiger partial charge in [-0.05, 0) is 42.0 Å². The molecule has 0 aromatic heterocycles. The summed E-state index contributed by atoms with van der Waals surface area (Å²) >= 11 is 0. The third-order valence-electron chi connectivity index (χ3n) is 5.69. The van der Waals surface area contributed by atoms with Crippen molar-refractivity contribution in [3.8, 4) is 0 Å². The Morgan fingerprint density at radius 3 is 2.04 bits per heavy atom. The van der Waals surface area contributed by atoms with Gasteiger partial charge in [-0.3, -0.25) is 19.3 Å². The third kappa shape index (κ3) is 3.14. The van der Waals surface area contributed by atoms with Gasteiger partial charge in [0, 0.05) is 0 Å². The van der Waals surface area contributed by atoms with Crippen molar-refractivity contribution in [2.75, 3.05) is 0 Å². The van der Waals surface area contributed by atoms with E-state index in [9.17, 15) is 19.5 Å². The Labute approximate surface area is 157 Å². The number of benzene rings is 2. The SMILES string of the molecule is O=C(O)C(c1ccc(CN2C(=O)c3ccccc3C2=O)cc1)C1CCCC1. The Balaban J connectivity index is 1.52. The second kappa shape index (κ2) is 6.99. The normalized spacial score (nSPS) is 18.0. The Hall–Kier alpha value is -2.95. The minimum Gasteiger partial charge on any atom is -0.481 e. The average Bonchev–Trinajstić information content (AvgIpc) is 3.27. The minimum absolute atomic E-state index is 0.185. The van der Waals surface area contributed by atoms with Crippen LogP contribution in [0, 0.1) is 5.92 Å². The molecular weight excluding hydrogens is 342 g/mol. The maximum atomic E-state index is 12.5. The highest BCUT2D eigenvalue weighted by Crippen LogP contribution is 2.37. The molecule has 1 aliphatic carbocycles. The van der Waals surface area contributed by atoms with E-state index < -0.39 is 11.9 Å². The molecule has 1 heterocycles. The molecule has 1 aliphatic heterocycles. The summed E-state index contributed by atoms with van der Waals surface area (Å²) in [7, 11) is 0. The van der Waals surface area contributed by atoms with Crippen LogP contribution in [0.4, 0.5) is 0 Å². The highest BCUT2D eigenvalue weighted by atomic mass is 16.4. The predicted molar refractivity (Wildman–Crippen MR) is 99.4 cm³/mol. The molecule has 138 valence electrons. The number of carbonyl (C=O) groups excluding carboxylic acids is 2. The van der Waals surface area contributed by atoms with Crippen LogP contribution < -0.4 is 0 Å². The van der Waals surface area contributed by atoms with Gasteiger partial charge in [0.25, 0.3) is 11.8 Å². The van der Waals surface area contributed by atoms with Crippen molar-refractivity contribution >= 4 is 17.8 Å². The van der Waals surface area contributed by atoms with Gasteiger partial charge in [-0.2, -0.15) is 0 Å². The summed E-state index contributed by atoms with van der Waals surface area (Å²) < 4.78 is 0. The van der Waals surface area contributed by atoms with Crippen LogP contribution in [0.5, 0.6) is 0 Å². The smallest absolute Gasteiger partial charge is 0.311 e. The molecule has 5 nitrogen and oxygen atoms in total. The first-order valence-corrected chi connectivity index (χ1v) is 9.33. The van der Waals surface area contributed by atoms with Gasteiger partial charge < -0.3 is 5.11 Å². The molecule has 0 spiro atoms. The molecule has 27 heavy (non-hydrogen) atoms. The topological polar surface area (TPSA) is 74.7 Å². The first kappa shape index (κ1) is 17.5. The van der Waals surface area contributed by atoms with E-state index in [0.717, 1.165) is 36.8 Å². The van der Waals surface area contributed by atoms with E-state index in [1.807, 2.05) is 24.3 Å². The van der Waals surface area contributed by atoms with Crippen LogP contribution >= 0.6 is 0 Å². The first-order chi connectivity index (χ1) is 13.1. The van der Waals surface area contributed by atoms with Gasteiger partial charge in [-0.25, -0.2) is 0 Å². The van der Waals surface area contributed by atoms with Gasteiger partial charge in [0.1, 0.15) is 0 Å². The lowest BCUT2D eigenvalue weighted by atomic mass is 9.84. The Kier molecular flexibility index (Phi) is 4.52. The fraction of sp³-hybridized carbons (Fsp3) is 0.318. The summed E-state index contributed by atoms with van der Waals surface area (Å²) in [5.41, 5.74) is 2.47. The van der Waals surface area contributed by atoms with Gasteiger partial charge in [0.05, 0.1) is 23.6 Å². The van der Waals surface area contributed by atoms with Gasteiger partial charge in [-0.15, -0.1) is 0 Å². The molecule has 1 atom stereocenters. The number of carbonyl (C=O) groups is 3. The van der Waals surface area contributed by atoms with Crippen LogP contribution in [0.1, 0.15) is 63.4 Å². The fourth-order valence-corrected chi connectivity index (χ4v) is 4.30.